The molecule has 41 heavy (non-hydrogen) atoms. The summed E-state index contributed by atoms with van der Waals surface area (Å²) < 4.78 is 11.8. The van der Waals surface area contributed by atoms with E-state index < -0.39 is 11.8 Å². The van der Waals surface area contributed by atoms with Crippen molar-refractivity contribution in [3.63, 3.8) is 0 Å². The van der Waals surface area contributed by atoms with Gasteiger partial charge in [-0.3, -0.25) is 9.59 Å². The summed E-state index contributed by atoms with van der Waals surface area (Å²) >= 11 is 0. The standard InChI is InChI=1S/C37H68O4/c1-6-8-10-12-14-16-18-20-22-24-28-32(4)40-36(38)34-30-26-27-31(3)35(34)37(39)41-33(5)29-25-23-21-19-17-15-13-11-9-7-2/h26-27,31-35H,6-25,28-30H2,1-5H3. The quantitative estimate of drug-likeness (QED) is 0.0584. The second-order valence-electron chi connectivity index (χ2n) is 13.1. The van der Waals surface area contributed by atoms with Crippen LogP contribution in [0.2, 0.25) is 0 Å². The zero-order valence-corrected chi connectivity index (χ0v) is 27.9. The molecule has 0 spiro atoms. The average molecular weight is 577 g/mol. The number of esters is 2. The number of hydrogen-bond donors (Lipinski definition) is 0. The van der Waals surface area contributed by atoms with Gasteiger partial charge < -0.3 is 9.47 Å². The van der Waals surface area contributed by atoms with Crippen molar-refractivity contribution in [2.45, 2.75) is 195 Å². The van der Waals surface area contributed by atoms with E-state index in [2.05, 4.69) is 19.9 Å². The number of unbranched alkanes of at least 4 members (excludes halogenated alkanes) is 18. The van der Waals surface area contributed by atoms with E-state index in [1.165, 1.54) is 116 Å². The first kappa shape index (κ1) is 37.7. The molecule has 1 rings (SSSR count). The Balaban J connectivity index is 2.28. The summed E-state index contributed by atoms with van der Waals surface area (Å²) in [5.41, 5.74) is 0. The number of carbonyl (C=O) groups excluding carboxylic acids is 2. The highest BCUT2D eigenvalue weighted by atomic mass is 16.6. The second kappa shape index (κ2) is 25.2. The van der Waals surface area contributed by atoms with Crippen LogP contribution in [0.5, 0.6) is 0 Å². The Labute approximate surface area is 255 Å². The van der Waals surface area contributed by atoms with Crippen LogP contribution in [0.15, 0.2) is 12.2 Å². The molecule has 0 heterocycles. The molecule has 0 saturated carbocycles. The molecular weight excluding hydrogens is 508 g/mol. The minimum atomic E-state index is -0.452. The fourth-order valence-corrected chi connectivity index (χ4v) is 6.21. The highest BCUT2D eigenvalue weighted by Crippen LogP contribution is 2.33. The lowest BCUT2D eigenvalue weighted by Crippen LogP contribution is -2.39. The largest absolute Gasteiger partial charge is 0.462 e. The van der Waals surface area contributed by atoms with E-state index in [9.17, 15) is 9.59 Å². The summed E-state index contributed by atoms with van der Waals surface area (Å²) in [5, 5.41) is 0. The normalized spacial score (nSPS) is 20.1. The first-order valence-corrected chi connectivity index (χ1v) is 18.0. The van der Waals surface area contributed by atoms with Gasteiger partial charge in [-0.1, -0.05) is 148 Å². The minimum Gasteiger partial charge on any atom is -0.462 e. The highest BCUT2D eigenvalue weighted by Gasteiger charge is 2.41. The maximum absolute atomic E-state index is 13.2. The molecule has 1 aliphatic carbocycles. The summed E-state index contributed by atoms with van der Waals surface area (Å²) in [7, 11) is 0. The predicted molar refractivity (Wildman–Crippen MR) is 174 cm³/mol. The lowest BCUT2D eigenvalue weighted by Gasteiger charge is -2.31. The number of ether oxygens (including phenoxy) is 2. The topological polar surface area (TPSA) is 52.6 Å². The zero-order valence-electron chi connectivity index (χ0n) is 27.9. The summed E-state index contributed by atoms with van der Waals surface area (Å²) in [5.74, 6) is -1.37. The lowest BCUT2D eigenvalue weighted by molar-refractivity contribution is -0.168. The number of carbonyl (C=O) groups is 2. The second-order valence-corrected chi connectivity index (χ2v) is 13.1. The van der Waals surface area contributed by atoms with E-state index >= 15 is 0 Å². The summed E-state index contributed by atoms with van der Waals surface area (Å²) in [4.78, 5) is 26.4. The van der Waals surface area contributed by atoms with Crippen LogP contribution < -0.4 is 0 Å². The van der Waals surface area contributed by atoms with Crippen molar-refractivity contribution in [2.24, 2.45) is 17.8 Å². The predicted octanol–water partition coefficient (Wildman–Crippen LogP) is 11.3. The number of allylic oxidation sites excluding steroid dienone is 2. The molecule has 4 nitrogen and oxygen atoms in total. The monoisotopic (exact) mass is 577 g/mol. The Kier molecular flexibility index (Phi) is 23.2. The Morgan fingerprint density at radius 3 is 1.39 bits per heavy atom. The van der Waals surface area contributed by atoms with Gasteiger partial charge in [0.25, 0.3) is 0 Å². The van der Waals surface area contributed by atoms with Crippen LogP contribution in [0.25, 0.3) is 0 Å². The molecule has 0 fully saturated rings. The van der Waals surface area contributed by atoms with Crippen LogP contribution in [-0.2, 0) is 19.1 Å². The van der Waals surface area contributed by atoms with E-state index in [4.69, 9.17) is 9.47 Å². The molecule has 4 heteroatoms. The summed E-state index contributed by atoms with van der Waals surface area (Å²) in [6.07, 6.45) is 32.2. The molecule has 0 aliphatic heterocycles. The van der Waals surface area contributed by atoms with Gasteiger partial charge in [0, 0.05) is 0 Å². The van der Waals surface area contributed by atoms with Gasteiger partial charge in [-0.05, 0) is 51.9 Å². The molecular formula is C37H68O4. The maximum Gasteiger partial charge on any atom is 0.310 e. The summed E-state index contributed by atoms with van der Waals surface area (Å²) in [6.45, 7) is 10.5. The zero-order chi connectivity index (χ0) is 30.1. The molecule has 240 valence electrons. The molecule has 0 amide bonds. The molecule has 0 aromatic heterocycles. The van der Waals surface area contributed by atoms with E-state index in [-0.39, 0.29) is 30.1 Å². The summed E-state index contributed by atoms with van der Waals surface area (Å²) in [6, 6.07) is 0. The van der Waals surface area contributed by atoms with Gasteiger partial charge in [0.1, 0.15) is 0 Å². The molecule has 0 radical (unpaired) electrons. The van der Waals surface area contributed by atoms with Gasteiger partial charge in [-0.2, -0.15) is 0 Å². The molecule has 5 unspecified atom stereocenters. The van der Waals surface area contributed by atoms with Crippen LogP contribution in [0.1, 0.15) is 182 Å². The molecule has 0 bridgehead atoms. The van der Waals surface area contributed by atoms with Crippen molar-refractivity contribution in [1.29, 1.82) is 0 Å². The first-order chi connectivity index (χ1) is 19.9. The van der Waals surface area contributed by atoms with Crippen molar-refractivity contribution < 1.29 is 19.1 Å². The number of rotatable bonds is 26. The first-order valence-electron chi connectivity index (χ1n) is 18.0. The Morgan fingerprint density at radius 2 is 0.976 bits per heavy atom. The fourth-order valence-electron chi connectivity index (χ4n) is 6.21. The third kappa shape index (κ3) is 18.8. The Morgan fingerprint density at radius 1 is 0.610 bits per heavy atom. The molecule has 0 saturated heterocycles. The molecule has 1 aliphatic rings. The SMILES string of the molecule is CCCCCCCCCCCCC(C)OC(=O)C1CC=CC(C)C1C(=O)OC(C)CCCCCCCCCCCC. The third-order valence-corrected chi connectivity index (χ3v) is 8.97. The highest BCUT2D eigenvalue weighted by molar-refractivity contribution is 5.83. The van der Waals surface area contributed by atoms with E-state index in [1.54, 1.807) is 0 Å². The molecule has 0 aromatic rings. The van der Waals surface area contributed by atoms with Gasteiger partial charge in [0.2, 0.25) is 0 Å². The van der Waals surface area contributed by atoms with Gasteiger partial charge >= 0.3 is 11.9 Å². The van der Waals surface area contributed by atoms with Crippen molar-refractivity contribution in [3.8, 4) is 0 Å². The van der Waals surface area contributed by atoms with Gasteiger partial charge in [-0.15, -0.1) is 0 Å². The molecule has 5 atom stereocenters. The van der Waals surface area contributed by atoms with Gasteiger partial charge in [0.05, 0.1) is 24.0 Å². The molecule has 0 N–H and O–H groups in total. The molecule has 0 aromatic carbocycles. The lowest BCUT2D eigenvalue weighted by atomic mass is 9.76. The fraction of sp³-hybridized carbons (Fsp3) is 0.892. The van der Waals surface area contributed by atoms with E-state index in [0.717, 1.165) is 25.7 Å². The van der Waals surface area contributed by atoms with E-state index in [1.807, 2.05) is 26.8 Å². The Hall–Kier alpha value is -1.32. The third-order valence-electron chi connectivity index (χ3n) is 8.97. The van der Waals surface area contributed by atoms with Crippen molar-refractivity contribution >= 4 is 11.9 Å². The minimum absolute atomic E-state index is 0.0180. The van der Waals surface area contributed by atoms with Crippen LogP contribution in [0, 0.1) is 17.8 Å². The van der Waals surface area contributed by atoms with Crippen molar-refractivity contribution in [1.82, 2.24) is 0 Å². The van der Waals surface area contributed by atoms with E-state index in [0.29, 0.717) is 6.42 Å². The van der Waals surface area contributed by atoms with Crippen LogP contribution >= 0.6 is 0 Å². The van der Waals surface area contributed by atoms with Crippen LogP contribution in [-0.4, -0.2) is 24.1 Å². The number of hydrogen-bond acceptors (Lipinski definition) is 4. The smallest absolute Gasteiger partial charge is 0.310 e. The van der Waals surface area contributed by atoms with Crippen molar-refractivity contribution in [3.05, 3.63) is 12.2 Å². The maximum atomic E-state index is 13.2. The Bertz CT molecular complexity index is 672. The van der Waals surface area contributed by atoms with Crippen LogP contribution in [0.4, 0.5) is 0 Å². The van der Waals surface area contributed by atoms with Gasteiger partial charge in [0.15, 0.2) is 0 Å². The van der Waals surface area contributed by atoms with Crippen LogP contribution in [0.3, 0.4) is 0 Å². The van der Waals surface area contributed by atoms with Crippen molar-refractivity contribution in [2.75, 3.05) is 0 Å². The van der Waals surface area contributed by atoms with Gasteiger partial charge in [-0.25, -0.2) is 0 Å². The average Bonchev–Trinajstić information content (AvgIpc) is 2.94.